The van der Waals surface area contributed by atoms with E-state index in [1.165, 1.54) is 0 Å². The van der Waals surface area contributed by atoms with Crippen LogP contribution in [0.5, 0.6) is 5.75 Å². The van der Waals surface area contributed by atoms with Crippen LogP contribution in [0, 0.1) is 0 Å². The summed E-state index contributed by atoms with van der Waals surface area (Å²) in [7, 11) is 0. The Kier molecular flexibility index (Phi) is 8.74. The van der Waals surface area contributed by atoms with E-state index in [9.17, 15) is 4.79 Å². The number of carbonyl (C=O) groups excluding carboxylic acids is 1. The number of hydrogen-bond acceptors (Lipinski definition) is 5. The van der Waals surface area contributed by atoms with Crippen molar-refractivity contribution >= 4 is 39.9 Å². The molecule has 2 heterocycles. The van der Waals surface area contributed by atoms with E-state index in [-0.39, 0.29) is 6.03 Å². The van der Waals surface area contributed by atoms with Gasteiger partial charge in [0.25, 0.3) is 0 Å². The third-order valence-electron chi connectivity index (χ3n) is 6.16. The van der Waals surface area contributed by atoms with E-state index in [1.54, 1.807) is 0 Å². The number of nitrogens with one attached hydrogen (secondary N) is 2. The number of halogens is 1. The quantitative estimate of drug-likeness (QED) is 0.284. The Hall–Kier alpha value is -2.94. The molecule has 4 rings (SSSR count). The molecular weight excluding hydrogens is 466 g/mol. The van der Waals surface area contributed by atoms with Gasteiger partial charge in [0.05, 0.1) is 36.7 Å². The van der Waals surface area contributed by atoms with E-state index in [2.05, 4.69) is 33.1 Å². The van der Waals surface area contributed by atoms with Crippen molar-refractivity contribution in [1.82, 2.24) is 14.8 Å². The van der Waals surface area contributed by atoms with Crippen LogP contribution in [0.3, 0.4) is 0 Å². The molecule has 0 aliphatic carbocycles. The van der Waals surface area contributed by atoms with E-state index in [1.807, 2.05) is 36.4 Å². The van der Waals surface area contributed by atoms with E-state index in [4.69, 9.17) is 26.8 Å². The van der Waals surface area contributed by atoms with Gasteiger partial charge in [-0.1, -0.05) is 12.1 Å². The molecule has 2 aromatic carbocycles. The second-order valence-electron chi connectivity index (χ2n) is 8.49. The number of hydrogen-bond donors (Lipinski definition) is 3. The molecule has 35 heavy (non-hydrogen) atoms. The molecule has 1 aliphatic heterocycles. The van der Waals surface area contributed by atoms with Gasteiger partial charge in [-0.25, -0.2) is 4.79 Å². The summed E-state index contributed by atoms with van der Waals surface area (Å²) >= 11 is 5.65. The number of nitrogens with zero attached hydrogens (tertiary/aromatic N) is 2. The second kappa shape index (κ2) is 12.2. The van der Waals surface area contributed by atoms with Crippen LogP contribution in [0.1, 0.15) is 13.3 Å². The van der Waals surface area contributed by atoms with Crippen LogP contribution in [0.4, 0.5) is 16.2 Å². The van der Waals surface area contributed by atoms with Crippen molar-refractivity contribution in [3.63, 3.8) is 0 Å². The number of alkyl halides is 1. The number of carbonyl (C=O) groups is 1. The van der Waals surface area contributed by atoms with Crippen LogP contribution in [0.15, 0.2) is 42.5 Å². The zero-order valence-corrected chi connectivity index (χ0v) is 20.9. The standard InChI is InChI=1S/C26H34ClN5O3/c1-2-32-23-18-21(35-14-4-11-31-12-15-34-16-13-31)7-8-22(23)24(28)25(32)19-5-3-6-20(17-19)30-26(33)29-10-9-27/h3,5-8,17-18H,2,4,9-16,28H2,1H3,(H2,29,30,33). The molecular formula is C26H34ClN5O3. The molecule has 9 heteroatoms. The summed E-state index contributed by atoms with van der Waals surface area (Å²) < 4.78 is 13.7. The lowest BCUT2D eigenvalue weighted by Gasteiger charge is -2.26. The number of aromatic nitrogens is 1. The molecule has 0 bridgehead atoms. The van der Waals surface area contributed by atoms with Crippen LogP contribution in [0.2, 0.25) is 0 Å². The highest BCUT2D eigenvalue weighted by molar-refractivity contribution is 6.18. The summed E-state index contributed by atoms with van der Waals surface area (Å²) in [6.07, 6.45) is 0.971. The van der Waals surface area contributed by atoms with Crippen molar-refractivity contribution in [2.24, 2.45) is 0 Å². The highest BCUT2D eigenvalue weighted by atomic mass is 35.5. The van der Waals surface area contributed by atoms with Crippen molar-refractivity contribution in [3.8, 4) is 17.0 Å². The molecule has 1 fully saturated rings. The van der Waals surface area contributed by atoms with Crippen molar-refractivity contribution in [2.75, 3.05) is 62.9 Å². The van der Waals surface area contributed by atoms with E-state index in [0.29, 0.717) is 30.4 Å². The topological polar surface area (TPSA) is 93.8 Å². The maximum atomic E-state index is 12.1. The van der Waals surface area contributed by atoms with Gasteiger partial charge < -0.3 is 30.4 Å². The van der Waals surface area contributed by atoms with Crippen LogP contribution >= 0.6 is 11.6 Å². The first-order chi connectivity index (χ1) is 17.1. The SMILES string of the molecule is CCn1c(-c2cccc(NC(=O)NCCCl)c2)c(N)c2ccc(OCCCN3CCOCC3)cc21. The van der Waals surface area contributed by atoms with Gasteiger partial charge in [-0.3, -0.25) is 4.90 Å². The zero-order valence-electron chi connectivity index (χ0n) is 20.2. The fourth-order valence-electron chi connectivity index (χ4n) is 4.47. The maximum absolute atomic E-state index is 12.1. The van der Waals surface area contributed by atoms with Crippen LogP contribution in [-0.4, -0.2) is 67.4 Å². The van der Waals surface area contributed by atoms with Crippen LogP contribution in [-0.2, 0) is 11.3 Å². The Morgan fingerprint density at radius 3 is 2.80 bits per heavy atom. The summed E-state index contributed by atoms with van der Waals surface area (Å²) in [6, 6.07) is 13.5. The number of fused-ring (bicyclic) bond motifs is 1. The Bertz CT molecular complexity index is 1140. The van der Waals surface area contributed by atoms with Gasteiger partial charge in [0.1, 0.15) is 5.75 Å². The van der Waals surface area contributed by atoms with Crippen LogP contribution < -0.4 is 21.1 Å². The van der Waals surface area contributed by atoms with E-state index < -0.39 is 0 Å². The van der Waals surface area contributed by atoms with Gasteiger partial charge in [0.15, 0.2) is 0 Å². The highest BCUT2D eigenvalue weighted by Crippen LogP contribution is 2.38. The summed E-state index contributed by atoms with van der Waals surface area (Å²) in [5, 5.41) is 6.54. The fraction of sp³-hybridized carbons (Fsp3) is 0.423. The van der Waals surface area contributed by atoms with Gasteiger partial charge in [-0.2, -0.15) is 0 Å². The van der Waals surface area contributed by atoms with Gasteiger partial charge >= 0.3 is 6.03 Å². The van der Waals surface area contributed by atoms with Gasteiger partial charge in [-0.05, 0) is 37.6 Å². The number of benzene rings is 2. The predicted molar refractivity (Wildman–Crippen MR) is 143 cm³/mol. The normalized spacial score (nSPS) is 14.2. The van der Waals surface area contributed by atoms with E-state index in [0.717, 1.165) is 73.7 Å². The van der Waals surface area contributed by atoms with Crippen molar-refractivity contribution in [3.05, 3.63) is 42.5 Å². The molecule has 3 aromatic rings. The zero-order chi connectivity index (χ0) is 24.6. The summed E-state index contributed by atoms with van der Waals surface area (Å²) in [4.78, 5) is 14.5. The molecule has 0 spiro atoms. The smallest absolute Gasteiger partial charge is 0.319 e. The number of amides is 2. The molecule has 4 N–H and O–H groups in total. The monoisotopic (exact) mass is 499 g/mol. The second-order valence-corrected chi connectivity index (χ2v) is 8.87. The van der Waals surface area contributed by atoms with Crippen LogP contribution in [0.25, 0.3) is 22.2 Å². The summed E-state index contributed by atoms with van der Waals surface area (Å²) in [6.45, 7) is 8.55. The molecule has 0 unspecified atom stereocenters. The van der Waals surface area contributed by atoms with Crippen molar-refractivity contribution < 1.29 is 14.3 Å². The first kappa shape index (κ1) is 25.2. The molecule has 2 amide bonds. The van der Waals surface area contributed by atoms with Gasteiger partial charge in [-0.15, -0.1) is 11.6 Å². The molecule has 8 nitrogen and oxygen atoms in total. The average molecular weight is 500 g/mol. The fourth-order valence-corrected chi connectivity index (χ4v) is 4.56. The number of ether oxygens (including phenoxy) is 2. The Labute approximate surface area is 211 Å². The van der Waals surface area contributed by atoms with E-state index >= 15 is 0 Å². The molecule has 0 saturated carbocycles. The number of aryl methyl sites for hydroxylation is 1. The number of rotatable bonds is 10. The summed E-state index contributed by atoms with van der Waals surface area (Å²) in [5.74, 6) is 1.20. The first-order valence-corrected chi connectivity index (χ1v) is 12.7. The Morgan fingerprint density at radius 2 is 2.03 bits per heavy atom. The molecule has 1 aliphatic rings. The molecule has 0 atom stereocenters. The molecule has 1 aromatic heterocycles. The maximum Gasteiger partial charge on any atom is 0.319 e. The molecule has 0 radical (unpaired) electrons. The largest absolute Gasteiger partial charge is 0.493 e. The third kappa shape index (κ3) is 6.20. The molecule has 188 valence electrons. The first-order valence-electron chi connectivity index (χ1n) is 12.2. The lowest BCUT2D eigenvalue weighted by atomic mass is 10.1. The minimum absolute atomic E-state index is 0.290. The Balaban J connectivity index is 1.50. The lowest BCUT2D eigenvalue weighted by Crippen LogP contribution is -2.37. The van der Waals surface area contributed by atoms with Crippen molar-refractivity contribution in [2.45, 2.75) is 19.9 Å². The third-order valence-corrected chi connectivity index (χ3v) is 6.35. The number of nitrogens with two attached hydrogens (primary N) is 1. The number of anilines is 2. The number of morpholine rings is 1. The number of urea groups is 1. The highest BCUT2D eigenvalue weighted by Gasteiger charge is 2.17. The van der Waals surface area contributed by atoms with Crippen molar-refractivity contribution in [1.29, 1.82) is 0 Å². The lowest BCUT2D eigenvalue weighted by molar-refractivity contribution is 0.0358. The van der Waals surface area contributed by atoms with Gasteiger partial charge in [0.2, 0.25) is 0 Å². The minimum Gasteiger partial charge on any atom is -0.493 e. The summed E-state index contributed by atoms with van der Waals surface area (Å²) in [5.41, 5.74) is 10.9. The number of nitrogen functional groups attached to an aromatic ring is 1. The Morgan fingerprint density at radius 1 is 1.20 bits per heavy atom. The minimum atomic E-state index is -0.290. The van der Waals surface area contributed by atoms with Gasteiger partial charge in [0, 0.05) is 61.3 Å². The molecule has 1 saturated heterocycles. The predicted octanol–water partition coefficient (Wildman–Crippen LogP) is 4.37. The average Bonchev–Trinajstić information content (AvgIpc) is 3.17.